The molecule has 0 spiro atoms. The number of nitrogens with one attached hydrogen (secondary N) is 2. The molecule has 0 saturated carbocycles. The van der Waals surface area contributed by atoms with E-state index < -0.39 is 5.54 Å². The van der Waals surface area contributed by atoms with Crippen molar-refractivity contribution in [3.63, 3.8) is 0 Å². The Morgan fingerprint density at radius 3 is 2.94 bits per heavy atom. The number of rotatable bonds is 3. The van der Waals surface area contributed by atoms with Crippen LogP contribution in [-0.2, 0) is 4.79 Å². The minimum atomic E-state index is -0.554. The van der Waals surface area contributed by atoms with Crippen LogP contribution in [0.25, 0.3) is 0 Å². The lowest BCUT2D eigenvalue weighted by molar-refractivity contribution is -0.123. The highest BCUT2D eigenvalue weighted by Gasteiger charge is 2.19. The summed E-state index contributed by atoms with van der Waals surface area (Å²) < 4.78 is 0. The Kier molecular flexibility index (Phi) is 4.78. The van der Waals surface area contributed by atoms with Crippen LogP contribution in [0.1, 0.15) is 20.3 Å². The van der Waals surface area contributed by atoms with Gasteiger partial charge in [0.05, 0.1) is 12.1 Å². The Bertz CT molecular complexity index is 272. The summed E-state index contributed by atoms with van der Waals surface area (Å²) in [5.41, 5.74) is -0.554. The van der Waals surface area contributed by atoms with Crippen molar-refractivity contribution in [3.05, 3.63) is 0 Å². The van der Waals surface area contributed by atoms with Crippen LogP contribution in [0.15, 0.2) is 0 Å². The molecule has 90 valence electrons. The van der Waals surface area contributed by atoms with E-state index in [-0.39, 0.29) is 5.91 Å². The molecule has 0 bridgehead atoms. The van der Waals surface area contributed by atoms with E-state index in [9.17, 15) is 4.79 Å². The van der Waals surface area contributed by atoms with Crippen molar-refractivity contribution in [2.24, 2.45) is 0 Å². The van der Waals surface area contributed by atoms with Crippen molar-refractivity contribution in [2.45, 2.75) is 25.8 Å². The van der Waals surface area contributed by atoms with E-state index in [1.165, 1.54) is 0 Å². The van der Waals surface area contributed by atoms with Gasteiger partial charge < -0.3 is 10.6 Å². The molecule has 1 rings (SSSR count). The third-order valence-corrected chi connectivity index (χ3v) is 2.61. The van der Waals surface area contributed by atoms with Crippen molar-refractivity contribution in [1.82, 2.24) is 15.5 Å². The zero-order chi connectivity index (χ0) is 12.0. The van der Waals surface area contributed by atoms with Crippen molar-refractivity contribution in [1.29, 1.82) is 0 Å². The minimum Gasteiger partial charge on any atom is -0.339 e. The van der Waals surface area contributed by atoms with E-state index in [1.54, 1.807) is 0 Å². The highest BCUT2D eigenvalue weighted by molar-refractivity contribution is 5.79. The molecule has 4 nitrogen and oxygen atoms in total. The van der Waals surface area contributed by atoms with Gasteiger partial charge in [-0.3, -0.25) is 9.69 Å². The van der Waals surface area contributed by atoms with Crippen LogP contribution >= 0.6 is 0 Å². The van der Waals surface area contributed by atoms with Crippen molar-refractivity contribution < 1.29 is 4.79 Å². The average molecular weight is 223 g/mol. The second-order valence-electron chi connectivity index (χ2n) is 4.70. The van der Waals surface area contributed by atoms with Crippen LogP contribution in [0.4, 0.5) is 0 Å². The largest absolute Gasteiger partial charge is 0.339 e. The van der Waals surface area contributed by atoms with Gasteiger partial charge in [-0.15, -0.1) is 6.42 Å². The first-order valence-electron chi connectivity index (χ1n) is 5.75. The van der Waals surface area contributed by atoms with Crippen molar-refractivity contribution >= 4 is 5.91 Å². The summed E-state index contributed by atoms with van der Waals surface area (Å²) in [6.45, 7) is 7.97. The van der Waals surface area contributed by atoms with Crippen molar-refractivity contribution in [3.8, 4) is 12.3 Å². The maximum absolute atomic E-state index is 11.7. The molecule has 0 aliphatic carbocycles. The van der Waals surface area contributed by atoms with Crippen molar-refractivity contribution in [2.75, 3.05) is 32.7 Å². The van der Waals surface area contributed by atoms with E-state index in [0.717, 1.165) is 32.6 Å². The molecule has 2 N–H and O–H groups in total. The number of nitrogens with zero attached hydrogens (tertiary/aromatic N) is 1. The van der Waals surface area contributed by atoms with Gasteiger partial charge in [0.1, 0.15) is 0 Å². The summed E-state index contributed by atoms with van der Waals surface area (Å²) in [5, 5.41) is 6.14. The summed E-state index contributed by atoms with van der Waals surface area (Å²) in [5.74, 6) is 2.56. The Labute approximate surface area is 97.8 Å². The molecule has 1 aliphatic heterocycles. The summed E-state index contributed by atoms with van der Waals surface area (Å²) in [6.07, 6.45) is 6.41. The summed E-state index contributed by atoms with van der Waals surface area (Å²) >= 11 is 0. The first-order valence-corrected chi connectivity index (χ1v) is 5.75. The quantitative estimate of drug-likeness (QED) is 0.652. The molecule has 0 atom stereocenters. The molecular weight excluding hydrogens is 202 g/mol. The molecule has 0 radical (unpaired) electrons. The lowest BCUT2D eigenvalue weighted by Crippen LogP contribution is -2.47. The second kappa shape index (κ2) is 5.88. The Morgan fingerprint density at radius 2 is 2.25 bits per heavy atom. The number of hydrogen-bond acceptors (Lipinski definition) is 3. The maximum Gasteiger partial charge on any atom is 0.235 e. The van der Waals surface area contributed by atoms with Gasteiger partial charge in [0.25, 0.3) is 0 Å². The van der Waals surface area contributed by atoms with E-state index in [0.29, 0.717) is 6.54 Å². The SMILES string of the molecule is C#CC(C)(C)NC(=O)CN1CCCNCC1. The lowest BCUT2D eigenvalue weighted by Gasteiger charge is -2.23. The first-order chi connectivity index (χ1) is 7.53. The Morgan fingerprint density at radius 1 is 1.50 bits per heavy atom. The molecule has 1 aliphatic rings. The molecular formula is C12H21N3O. The number of amides is 1. The fourth-order valence-electron chi connectivity index (χ4n) is 1.69. The van der Waals surface area contributed by atoms with Gasteiger partial charge in [0.15, 0.2) is 0 Å². The van der Waals surface area contributed by atoms with Crippen LogP contribution in [0, 0.1) is 12.3 Å². The maximum atomic E-state index is 11.7. The van der Waals surface area contributed by atoms with Gasteiger partial charge in [0, 0.05) is 13.1 Å². The monoisotopic (exact) mass is 223 g/mol. The third kappa shape index (κ3) is 4.65. The van der Waals surface area contributed by atoms with Crippen LogP contribution in [0.3, 0.4) is 0 Å². The highest BCUT2D eigenvalue weighted by atomic mass is 16.2. The third-order valence-electron chi connectivity index (χ3n) is 2.61. The number of terminal acetylenes is 1. The number of carbonyl (C=O) groups excluding carboxylic acids is 1. The molecule has 0 aromatic heterocycles. The van der Waals surface area contributed by atoms with Gasteiger partial charge in [-0.2, -0.15) is 0 Å². The minimum absolute atomic E-state index is 0.00449. The summed E-state index contributed by atoms with van der Waals surface area (Å²) in [6, 6.07) is 0. The molecule has 0 unspecified atom stereocenters. The number of carbonyl (C=O) groups is 1. The molecule has 1 heterocycles. The van der Waals surface area contributed by atoms with Gasteiger partial charge in [0.2, 0.25) is 5.91 Å². The Balaban J connectivity index is 2.36. The predicted octanol–water partition coefficient (Wildman–Crippen LogP) is -0.190. The van der Waals surface area contributed by atoms with Gasteiger partial charge in [-0.05, 0) is 33.4 Å². The van der Waals surface area contributed by atoms with E-state index >= 15 is 0 Å². The summed E-state index contributed by atoms with van der Waals surface area (Å²) in [4.78, 5) is 13.9. The van der Waals surface area contributed by atoms with E-state index in [2.05, 4.69) is 21.5 Å². The van der Waals surface area contributed by atoms with Gasteiger partial charge in [-0.25, -0.2) is 0 Å². The molecule has 1 fully saturated rings. The summed E-state index contributed by atoms with van der Waals surface area (Å²) in [7, 11) is 0. The molecule has 1 saturated heterocycles. The van der Waals surface area contributed by atoms with Crippen LogP contribution < -0.4 is 10.6 Å². The zero-order valence-electron chi connectivity index (χ0n) is 10.2. The zero-order valence-corrected chi connectivity index (χ0v) is 10.2. The molecule has 0 aromatic carbocycles. The van der Waals surface area contributed by atoms with Crippen LogP contribution in [-0.4, -0.2) is 49.1 Å². The molecule has 0 aromatic rings. The fraction of sp³-hybridized carbons (Fsp3) is 0.750. The van der Waals surface area contributed by atoms with Crippen LogP contribution in [0.2, 0.25) is 0 Å². The van der Waals surface area contributed by atoms with E-state index in [4.69, 9.17) is 6.42 Å². The van der Waals surface area contributed by atoms with E-state index in [1.807, 2.05) is 13.8 Å². The van der Waals surface area contributed by atoms with Crippen LogP contribution in [0.5, 0.6) is 0 Å². The van der Waals surface area contributed by atoms with Gasteiger partial charge in [-0.1, -0.05) is 5.92 Å². The normalized spacial score (nSPS) is 18.6. The average Bonchev–Trinajstić information content (AvgIpc) is 2.45. The molecule has 1 amide bonds. The standard InChI is InChI=1S/C12H21N3O/c1-4-12(2,3)14-11(16)10-15-8-5-6-13-7-9-15/h1,13H,5-10H2,2-3H3,(H,14,16). The molecule has 4 heteroatoms. The van der Waals surface area contributed by atoms with Gasteiger partial charge >= 0.3 is 0 Å². The fourth-order valence-corrected chi connectivity index (χ4v) is 1.69. The lowest BCUT2D eigenvalue weighted by atomic mass is 10.1. The number of hydrogen-bond donors (Lipinski definition) is 2. The Hall–Kier alpha value is -1.05. The topological polar surface area (TPSA) is 44.4 Å². The highest BCUT2D eigenvalue weighted by Crippen LogP contribution is 2.00. The second-order valence-corrected chi connectivity index (χ2v) is 4.70. The molecule has 16 heavy (non-hydrogen) atoms. The predicted molar refractivity (Wildman–Crippen MR) is 65.0 cm³/mol. The first kappa shape index (κ1) is 13.0. The smallest absolute Gasteiger partial charge is 0.235 e.